The lowest BCUT2D eigenvalue weighted by Crippen LogP contribution is -2.38. The van der Waals surface area contributed by atoms with E-state index in [1.165, 1.54) is 6.42 Å². The van der Waals surface area contributed by atoms with Crippen molar-refractivity contribution in [3.63, 3.8) is 0 Å². The van der Waals surface area contributed by atoms with E-state index in [0.717, 1.165) is 31.4 Å². The molecule has 1 heterocycles. The highest BCUT2D eigenvalue weighted by atomic mass is 19.4. The minimum Gasteiger partial charge on any atom is -0.382 e. The summed E-state index contributed by atoms with van der Waals surface area (Å²) >= 11 is 0. The molecule has 4 atom stereocenters. The van der Waals surface area contributed by atoms with Crippen molar-refractivity contribution in [2.75, 3.05) is 26.0 Å². The highest BCUT2D eigenvalue weighted by Crippen LogP contribution is 2.48. The van der Waals surface area contributed by atoms with Gasteiger partial charge in [-0.3, -0.25) is 4.79 Å². The maximum absolute atomic E-state index is 13.7. The van der Waals surface area contributed by atoms with E-state index in [1.54, 1.807) is 24.3 Å². The number of alkyl halides is 3. The largest absolute Gasteiger partial charge is 0.417 e. The van der Waals surface area contributed by atoms with Gasteiger partial charge in [0.25, 0.3) is 0 Å². The summed E-state index contributed by atoms with van der Waals surface area (Å²) in [6, 6.07) is 8.10. The minimum atomic E-state index is -4.59. The number of nitrogens with zero attached hydrogens (tertiary/aromatic N) is 2. The summed E-state index contributed by atoms with van der Waals surface area (Å²) in [5.74, 6) is 1.32. The Balaban J connectivity index is 1.43. The van der Waals surface area contributed by atoms with Crippen LogP contribution in [0.15, 0.2) is 36.9 Å². The quantitative estimate of drug-likeness (QED) is 0.505. The van der Waals surface area contributed by atoms with Crippen LogP contribution >= 0.6 is 0 Å². The van der Waals surface area contributed by atoms with Crippen molar-refractivity contribution in [3.8, 4) is 0 Å². The predicted molar refractivity (Wildman–Crippen MR) is 137 cm³/mol. The highest BCUT2D eigenvalue weighted by molar-refractivity contribution is 6.00. The maximum Gasteiger partial charge on any atom is 0.417 e. The summed E-state index contributed by atoms with van der Waals surface area (Å²) in [7, 11) is 4.26. The van der Waals surface area contributed by atoms with Crippen LogP contribution in [0.4, 0.5) is 18.9 Å². The van der Waals surface area contributed by atoms with Crippen LogP contribution in [-0.2, 0) is 4.79 Å². The number of anilines is 1. The molecule has 3 aliphatic rings. The zero-order chi connectivity index (χ0) is 25.6. The molecule has 192 valence electrons. The van der Waals surface area contributed by atoms with E-state index in [4.69, 9.17) is 0 Å². The fourth-order valence-electron chi connectivity index (χ4n) is 5.96. The molecule has 4 unspecified atom stereocenters. The van der Waals surface area contributed by atoms with Crippen LogP contribution in [0.1, 0.15) is 43.5 Å². The van der Waals surface area contributed by atoms with Crippen LogP contribution < -0.4 is 10.6 Å². The average molecular weight is 499 g/mol. The molecule has 1 aromatic heterocycles. The van der Waals surface area contributed by atoms with Gasteiger partial charge in [-0.15, -0.1) is 0 Å². The lowest BCUT2D eigenvalue weighted by Gasteiger charge is -2.33. The first-order valence-electron chi connectivity index (χ1n) is 12.7. The SMILES string of the molecule is C=C(c1nc(/C=C/CNC(=O)C2CC2)cc2c(NC3CC4CC3CC4N(C)C)cccc12)C(F)(F)F. The number of pyridine rings is 1. The summed E-state index contributed by atoms with van der Waals surface area (Å²) in [6.45, 7) is 3.64. The van der Waals surface area contributed by atoms with Crippen molar-refractivity contribution in [3.05, 3.63) is 48.3 Å². The number of amides is 1. The molecule has 2 bridgehead atoms. The first kappa shape index (κ1) is 24.8. The molecule has 3 fully saturated rings. The van der Waals surface area contributed by atoms with Gasteiger partial charge in [0.15, 0.2) is 0 Å². The molecule has 5 rings (SSSR count). The van der Waals surface area contributed by atoms with Gasteiger partial charge in [-0.05, 0) is 76.2 Å². The van der Waals surface area contributed by atoms with E-state index in [1.807, 2.05) is 12.1 Å². The summed E-state index contributed by atoms with van der Waals surface area (Å²) < 4.78 is 41.0. The number of rotatable bonds is 8. The molecule has 1 aromatic carbocycles. The molecule has 0 aliphatic heterocycles. The van der Waals surface area contributed by atoms with Crippen molar-refractivity contribution in [2.24, 2.45) is 17.8 Å². The summed E-state index contributed by atoms with van der Waals surface area (Å²) in [5, 5.41) is 7.63. The molecule has 2 N–H and O–H groups in total. The minimum absolute atomic E-state index is 0.0195. The fraction of sp³-hybridized carbons (Fsp3) is 0.500. The van der Waals surface area contributed by atoms with Gasteiger partial charge < -0.3 is 15.5 Å². The lowest BCUT2D eigenvalue weighted by atomic mass is 9.90. The Labute approximate surface area is 209 Å². The number of allylic oxidation sites excluding steroid dienone is 1. The van der Waals surface area contributed by atoms with E-state index in [0.29, 0.717) is 46.9 Å². The normalized spacial score (nSPS) is 25.7. The van der Waals surface area contributed by atoms with Gasteiger partial charge in [-0.1, -0.05) is 24.8 Å². The Hall–Kier alpha value is -2.87. The van der Waals surface area contributed by atoms with Crippen LogP contribution in [0, 0.1) is 17.8 Å². The molecule has 5 nitrogen and oxygen atoms in total. The molecule has 0 saturated heterocycles. The second-order valence-electron chi connectivity index (χ2n) is 10.7. The molecular weight excluding hydrogens is 465 g/mol. The van der Waals surface area contributed by atoms with Gasteiger partial charge in [0.1, 0.15) is 0 Å². The average Bonchev–Trinajstić information content (AvgIpc) is 3.50. The molecule has 2 aromatic rings. The summed E-state index contributed by atoms with van der Waals surface area (Å²) in [5.41, 5.74) is 0.0989. The topological polar surface area (TPSA) is 57.3 Å². The van der Waals surface area contributed by atoms with E-state index >= 15 is 0 Å². The molecule has 0 radical (unpaired) electrons. The Morgan fingerprint density at radius 2 is 1.94 bits per heavy atom. The second kappa shape index (κ2) is 9.54. The van der Waals surface area contributed by atoms with Crippen LogP contribution in [0.5, 0.6) is 0 Å². The number of benzene rings is 1. The number of halogens is 3. The lowest BCUT2D eigenvalue weighted by molar-refractivity contribution is -0.122. The first-order valence-corrected chi connectivity index (χ1v) is 12.7. The number of nitrogens with one attached hydrogen (secondary N) is 2. The molecule has 1 amide bonds. The Kier molecular flexibility index (Phi) is 6.57. The van der Waals surface area contributed by atoms with Gasteiger partial charge >= 0.3 is 6.18 Å². The van der Waals surface area contributed by atoms with E-state index < -0.39 is 11.7 Å². The number of carbonyl (C=O) groups is 1. The zero-order valence-electron chi connectivity index (χ0n) is 20.7. The van der Waals surface area contributed by atoms with Crippen LogP contribution in [-0.4, -0.2) is 54.7 Å². The maximum atomic E-state index is 13.7. The fourth-order valence-corrected chi connectivity index (χ4v) is 5.96. The molecule has 3 saturated carbocycles. The smallest absolute Gasteiger partial charge is 0.382 e. The van der Waals surface area contributed by atoms with Gasteiger partial charge in [0, 0.05) is 41.0 Å². The van der Waals surface area contributed by atoms with Crippen LogP contribution in [0.2, 0.25) is 0 Å². The highest BCUT2D eigenvalue weighted by Gasteiger charge is 2.46. The third-order valence-electron chi connectivity index (χ3n) is 7.98. The first-order chi connectivity index (χ1) is 17.1. The molecule has 36 heavy (non-hydrogen) atoms. The standard InChI is InChI=1S/C28H33F3N4O/c1-16(28(29,30)31)26-21-7-4-8-23(34-24-13-19-12-18(24)14-25(19)35(2)3)22(21)15-20(33-26)6-5-11-32-27(36)17-9-10-17/h4-8,15,17-19,24-25,34H,1,9-14H2,2-3H3,(H,32,36)/b6-5+. The van der Waals surface area contributed by atoms with Crippen molar-refractivity contribution in [1.82, 2.24) is 15.2 Å². The summed E-state index contributed by atoms with van der Waals surface area (Å²) in [6.07, 6.45) is 4.01. The van der Waals surface area contributed by atoms with E-state index in [2.05, 4.69) is 41.2 Å². The van der Waals surface area contributed by atoms with Crippen molar-refractivity contribution in [2.45, 2.75) is 50.4 Å². The number of hydrogen-bond donors (Lipinski definition) is 2. The molecule has 8 heteroatoms. The van der Waals surface area contributed by atoms with Gasteiger partial charge in [0.05, 0.1) is 17.0 Å². The third-order valence-corrected chi connectivity index (χ3v) is 7.98. The Morgan fingerprint density at radius 3 is 2.58 bits per heavy atom. The third kappa shape index (κ3) is 5.01. The molecule has 3 aliphatic carbocycles. The number of hydrogen-bond acceptors (Lipinski definition) is 4. The predicted octanol–water partition coefficient (Wildman–Crippen LogP) is 5.49. The van der Waals surface area contributed by atoms with Gasteiger partial charge in [-0.2, -0.15) is 13.2 Å². The number of fused-ring (bicyclic) bond motifs is 3. The van der Waals surface area contributed by atoms with Crippen LogP contribution in [0.25, 0.3) is 22.4 Å². The van der Waals surface area contributed by atoms with Gasteiger partial charge in [-0.25, -0.2) is 4.98 Å². The van der Waals surface area contributed by atoms with Crippen molar-refractivity contribution < 1.29 is 18.0 Å². The second-order valence-corrected chi connectivity index (χ2v) is 10.7. The van der Waals surface area contributed by atoms with Crippen molar-refractivity contribution in [1.29, 1.82) is 0 Å². The zero-order valence-corrected chi connectivity index (χ0v) is 20.7. The van der Waals surface area contributed by atoms with Gasteiger partial charge in [0.2, 0.25) is 5.91 Å². The van der Waals surface area contributed by atoms with Crippen LogP contribution in [0.3, 0.4) is 0 Å². The Morgan fingerprint density at radius 1 is 1.17 bits per heavy atom. The molecule has 0 spiro atoms. The van der Waals surface area contributed by atoms with E-state index in [9.17, 15) is 18.0 Å². The Bertz CT molecular complexity index is 1200. The number of aromatic nitrogens is 1. The summed E-state index contributed by atoms with van der Waals surface area (Å²) in [4.78, 5) is 18.5. The number of carbonyl (C=O) groups excluding carboxylic acids is 1. The molecular formula is C28H33F3N4O. The monoisotopic (exact) mass is 498 g/mol. The van der Waals surface area contributed by atoms with E-state index in [-0.39, 0.29) is 17.5 Å². The van der Waals surface area contributed by atoms with Crippen molar-refractivity contribution >= 4 is 34.0 Å².